The van der Waals surface area contributed by atoms with E-state index in [9.17, 15) is 15.3 Å². The van der Waals surface area contributed by atoms with Crippen LogP contribution in [0.2, 0.25) is 0 Å². The largest absolute Gasteiger partial charge is 0.394 e. The quantitative estimate of drug-likeness (QED) is 0.293. The molecular weight excluding hydrogens is 236 g/mol. The van der Waals surface area contributed by atoms with Crippen molar-refractivity contribution in [2.75, 3.05) is 19.8 Å². The molecule has 0 aromatic rings. The fourth-order valence-electron chi connectivity index (χ4n) is 1.46. The Hall–Kier alpha value is -0.320. The summed E-state index contributed by atoms with van der Waals surface area (Å²) >= 11 is 0. The lowest BCUT2D eigenvalue weighted by atomic mass is 9.99. The standard InChI is InChI=1S/C9H18O8/c10-1-4(12)3-16-9-8(15)7(14)6(13)5(2-11)17-9/h4-15H,1-3H2/t4?,5-,6-,7-,8-,9+/m0/s1. The Morgan fingerprint density at radius 2 is 1.71 bits per heavy atom. The Morgan fingerprint density at radius 3 is 2.24 bits per heavy atom. The molecule has 0 amide bonds. The van der Waals surface area contributed by atoms with Gasteiger partial charge in [-0.3, -0.25) is 0 Å². The maximum Gasteiger partial charge on any atom is 0.186 e. The van der Waals surface area contributed by atoms with Crippen molar-refractivity contribution in [3.05, 3.63) is 0 Å². The molecule has 0 spiro atoms. The Kier molecular flexibility index (Phi) is 5.70. The topological polar surface area (TPSA) is 140 Å². The molecule has 6 N–H and O–H groups in total. The molecule has 0 radical (unpaired) electrons. The normalized spacial score (nSPS) is 40.2. The van der Waals surface area contributed by atoms with Crippen molar-refractivity contribution < 1.29 is 40.1 Å². The van der Waals surface area contributed by atoms with Crippen LogP contribution >= 0.6 is 0 Å². The minimum absolute atomic E-state index is 0.306. The van der Waals surface area contributed by atoms with Crippen LogP contribution in [-0.2, 0) is 9.47 Å². The van der Waals surface area contributed by atoms with Gasteiger partial charge in [-0.2, -0.15) is 0 Å². The third-order valence-corrected chi connectivity index (χ3v) is 2.51. The summed E-state index contributed by atoms with van der Waals surface area (Å²) in [6.07, 6.45) is -7.94. The van der Waals surface area contributed by atoms with Crippen LogP contribution in [0, 0.1) is 0 Å². The molecule has 1 heterocycles. The van der Waals surface area contributed by atoms with Gasteiger partial charge in [-0.1, -0.05) is 0 Å². The van der Waals surface area contributed by atoms with Gasteiger partial charge in [0.1, 0.15) is 30.5 Å². The van der Waals surface area contributed by atoms with Crippen LogP contribution in [0.1, 0.15) is 0 Å². The zero-order valence-electron chi connectivity index (χ0n) is 9.09. The molecule has 0 aromatic heterocycles. The van der Waals surface area contributed by atoms with Gasteiger partial charge in [-0.05, 0) is 0 Å². The van der Waals surface area contributed by atoms with Crippen LogP contribution in [0.25, 0.3) is 0 Å². The summed E-state index contributed by atoms with van der Waals surface area (Å²) in [6.45, 7) is -1.37. The minimum atomic E-state index is -1.52. The maximum absolute atomic E-state index is 9.52. The summed E-state index contributed by atoms with van der Waals surface area (Å²) in [6, 6.07) is 0. The molecule has 1 rings (SSSR count). The van der Waals surface area contributed by atoms with Gasteiger partial charge in [0.05, 0.1) is 19.8 Å². The van der Waals surface area contributed by atoms with E-state index in [1.165, 1.54) is 0 Å². The molecule has 1 aliphatic rings. The highest BCUT2D eigenvalue weighted by Gasteiger charge is 2.44. The summed E-state index contributed by atoms with van der Waals surface area (Å²) in [5.74, 6) is 0. The van der Waals surface area contributed by atoms with Crippen LogP contribution in [-0.4, -0.2) is 87.3 Å². The van der Waals surface area contributed by atoms with Crippen molar-refractivity contribution in [2.45, 2.75) is 36.8 Å². The van der Waals surface area contributed by atoms with Crippen molar-refractivity contribution in [3.8, 4) is 0 Å². The molecule has 0 aromatic carbocycles. The van der Waals surface area contributed by atoms with E-state index in [2.05, 4.69) is 0 Å². The van der Waals surface area contributed by atoms with E-state index < -0.39 is 50.0 Å². The third kappa shape index (κ3) is 3.57. The molecule has 1 fully saturated rings. The first-order valence-electron chi connectivity index (χ1n) is 5.22. The van der Waals surface area contributed by atoms with Gasteiger partial charge >= 0.3 is 0 Å². The summed E-state index contributed by atoms with van der Waals surface area (Å²) < 4.78 is 9.93. The highest BCUT2D eigenvalue weighted by Crippen LogP contribution is 2.21. The fraction of sp³-hybridized carbons (Fsp3) is 1.00. The predicted octanol–water partition coefficient (Wildman–Crippen LogP) is -3.84. The van der Waals surface area contributed by atoms with Crippen LogP contribution in [0.3, 0.4) is 0 Å². The van der Waals surface area contributed by atoms with Crippen LogP contribution in [0.5, 0.6) is 0 Å². The maximum atomic E-state index is 9.52. The molecule has 102 valence electrons. The van der Waals surface area contributed by atoms with Crippen molar-refractivity contribution in [1.29, 1.82) is 0 Å². The lowest BCUT2D eigenvalue weighted by molar-refractivity contribution is -0.304. The number of aliphatic hydroxyl groups is 6. The summed E-state index contributed by atoms with van der Waals surface area (Å²) in [4.78, 5) is 0. The first kappa shape index (κ1) is 14.7. The van der Waals surface area contributed by atoms with E-state index >= 15 is 0 Å². The van der Waals surface area contributed by atoms with Crippen LogP contribution in [0.4, 0.5) is 0 Å². The molecular formula is C9H18O8. The van der Waals surface area contributed by atoms with Gasteiger partial charge in [0.25, 0.3) is 0 Å². The average Bonchev–Trinajstić information content (AvgIpc) is 2.34. The number of rotatable bonds is 5. The fourth-order valence-corrected chi connectivity index (χ4v) is 1.46. The van der Waals surface area contributed by atoms with Gasteiger partial charge in [0, 0.05) is 0 Å². The van der Waals surface area contributed by atoms with Crippen molar-refractivity contribution in [2.24, 2.45) is 0 Å². The Bertz CT molecular complexity index is 223. The monoisotopic (exact) mass is 254 g/mol. The van der Waals surface area contributed by atoms with E-state index in [-0.39, 0.29) is 6.61 Å². The summed E-state index contributed by atoms with van der Waals surface area (Å²) in [5, 5.41) is 54.9. The lowest BCUT2D eigenvalue weighted by Gasteiger charge is -2.39. The van der Waals surface area contributed by atoms with E-state index in [0.29, 0.717) is 0 Å². The van der Waals surface area contributed by atoms with Gasteiger partial charge in [0.15, 0.2) is 6.29 Å². The van der Waals surface area contributed by atoms with Crippen molar-refractivity contribution >= 4 is 0 Å². The first-order valence-corrected chi connectivity index (χ1v) is 5.22. The predicted molar refractivity (Wildman–Crippen MR) is 52.8 cm³/mol. The third-order valence-electron chi connectivity index (χ3n) is 2.51. The van der Waals surface area contributed by atoms with Gasteiger partial charge < -0.3 is 40.1 Å². The molecule has 6 atom stereocenters. The molecule has 1 aliphatic heterocycles. The van der Waals surface area contributed by atoms with E-state index in [1.807, 2.05) is 0 Å². The minimum Gasteiger partial charge on any atom is -0.394 e. The smallest absolute Gasteiger partial charge is 0.186 e. The molecule has 0 saturated carbocycles. The van der Waals surface area contributed by atoms with Gasteiger partial charge in [-0.15, -0.1) is 0 Å². The highest BCUT2D eigenvalue weighted by atomic mass is 16.7. The molecule has 8 nitrogen and oxygen atoms in total. The van der Waals surface area contributed by atoms with E-state index in [4.69, 9.17) is 24.8 Å². The van der Waals surface area contributed by atoms with Crippen LogP contribution in [0.15, 0.2) is 0 Å². The zero-order chi connectivity index (χ0) is 13.0. The number of hydrogen-bond acceptors (Lipinski definition) is 8. The van der Waals surface area contributed by atoms with Crippen molar-refractivity contribution in [1.82, 2.24) is 0 Å². The Morgan fingerprint density at radius 1 is 1.06 bits per heavy atom. The Labute approximate surface area is 97.6 Å². The lowest BCUT2D eigenvalue weighted by Crippen LogP contribution is -2.59. The summed E-state index contributed by atoms with van der Waals surface area (Å²) in [5.41, 5.74) is 0. The molecule has 8 heteroatoms. The van der Waals surface area contributed by atoms with Gasteiger partial charge in [-0.25, -0.2) is 0 Å². The van der Waals surface area contributed by atoms with E-state index in [1.54, 1.807) is 0 Å². The molecule has 17 heavy (non-hydrogen) atoms. The number of hydrogen-bond donors (Lipinski definition) is 6. The molecule has 0 bridgehead atoms. The number of ether oxygens (including phenoxy) is 2. The SMILES string of the molecule is OCC(O)CO[C@@H]1O[C@@H](CO)[C@H](O)[C@H](O)[C@@H]1O. The number of aliphatic hydroxyl groups excluding tert-OH is 6. The molecule has 1 saturated heterocycles. The molecule has 1 unspecified atom stereocenters. The first-order chi connectivity index (χ1) is 8.01. The second-order valence-corrected chi connectivity index (χ2v) is 3.87. The second kappa shape index (κ2) is 6.57. The second-order valence-electron chi connectivity index (χ2n) is 3.87. The zero-order valence-corrected chi connectivity index (χ0v) is 9.09. The Balaban J connectivity index is 2.53. The van der Waals surface area contributed by atoms with Crippen LogP contribution < -0.4 is 0 Å². The summed E-state index contributed by atoms with van der Waals surface area (Å²) in [7, 11) is 0. The van der Waals surface area contributed by atoms with E-state index in [0.717, 1.165) is 0 Å². The molecule has 0 aliphatic carbocycles. The highest BCUT2D eigenvalue weighted by molar-refractivity contribution is 4.88. The average molecular weight is 254 g/mol. The van der Waals surface area contributed by atoms with Gasteiger partial charge in [0.2, 0.25) is 0 Å². The van der Waals surface area contributed by atoms with Crippen molar-refractivity contribution in [3.63, 3.8) is 0 Å².